The highest BCUT2D eigenvalue weighted by molar-refractivity contribution is 6.30. The minimum Gasteiger partial charge on any atom is -0.474 e. The van der Waals surface area contributed by atoms with Crippen LogP contribution in [0.4, 0.5) is 0 Å². The van der Waals surface area contributed by atoms with E-state index in [0.717, 1.165) is 18.8 Å². The molecule has 1 aromatic rings. The van der Waals surface area contributed by atoms with Gasteiger partial charge in [0.2, 0.25) is 0 Å². The zero-order chi connectivity index (χ0) is 10.7. The summed E-state index contributed by atoms with van der Waals surface area (Å²) in [5, 5.41) is 0.612. The number of pyridine rings is 1. The molecule has 0 N–H and O–H groups in total. The fourth-order valence-corrected chi connectivity index (χ4v) is 2.00. The van der Waals surface area contributed by atoms with E-state index >= 15 is 0 Å². The van der Waals surface area contributed by atoms with E-state index in [4.69, 9.17) is 16.3 Å². The molecule has 0 spiro atoms. The number of likely N-dealkylation sites (tertiary alicyclic amines) is 1. The zero-order valence-electron chi connectivity index (χ0n) is 9.63. The molecule has 1 atom stereocenters. The molecule has 2 heterocycles. The largest absolute Gasteiger partial charge is 0.474 e. The van der Waals surface area contributed by atoms with Gasteiger partial charge in [-0.15, -0.1) is 24.8 Å². The van der Waals surface area contributed by atoms with Crippen molar-refractivity contribution < 1.29 is 4.74 Å². The molecular weight excluding hydrogens is 282 g/mol. The predicted octanol–water partition coefficient (Wildman–Crippen LogP) is 3.40. The molecule has 0 aromatic carbocycles. The third-order valence-corrected chi connectivity index (χ3v) is 2.85. The summed E-state index contributed by atoms with van der Waals surface area (Å²) in [6.07, 6.45) is 5.93. The van der Waals surface area contributed by atoms with Crippen LogP contribution < -0.4 is 4.74 Å². The van der Waals surface area contributed by atoms with Crippen LogP contribution in [-0.2, 0) is 0 Å². The van der Waals surface area contributed by atoms with Gasteiger partial charge in [0.25, 0.3) is 0 Å². The van der Waals surface area contributed by atoms with Crippen LogP contribution in [-0.4, -0.2) is 29.2 Å². The van der Waals surface area contributed by atoms with Crippen LogP contribution >= 0.6 is 36.4 Å². The van der Waals surface area contributed by atoms with Crippen molar-refractivity contribution in [2.45, 2.75) is 26.0 Å². The lowest BCUT2D eigenvalue weighted by Crippen LogP contribution is -2.34. The molecule has 98 valence electrons. The highest BCUT2D eigenvalue weighted by Gasteiger charge is 2.19. The summed E-state index contributed by atoms with van der Waals surface area (Å²) in [6.45, 7) is 4.30. The normalized spacial score (nSPS) is 16.8. The fourth-order valence-electron chi connectivity index (χ4n) is 1.83. The van der Waals surface area contributed by atoms with Crippen LogP contribution in [0.2, 0.25) is 5.02 Å². The summed E-state index contributed by atoms with van der Waals surface area (Å²) < 4.78 is 5.76. The van der Waals surface area contributed by atoms with Gasteiger partial charge in [-0.2, -0.15) is 0 Å². The van der Waals surface area contributed by atoms with Crippen molar-refractivity contribution in [3.63, 3.8) is 0 Å². The number of rotatable bonds is 3. The molecule has 0 amide bonds. The molecule has 0 unspecified atom stereocenters. The molecule has 1 aliphatic rings. The molecule has 1 aliphatic heterocycles. The molecule has 0 aliphatic carbocycles. The second-order valence-electron chi connectivity index (χ2n) is 3.80. The van der Waals surface area contributed by atoms with Gasteiger partial charge < -0.3 is 4.74 Å². The molecule has 0 saturated carbocycles. The van der Waals surface area contributed by atoms with Gasteiger partial charge in [-0.05, 0) is 19.8 Å². The molecule has 0 bridgehead atoms. The van der Waals surface area contributed by atoms with Crippen molar-refractivity contribution in [1.29, 1.82) is 0 Å². The Morgan fingerprint density at radius 3 is 2.53 bits per heavy atom. The van der Waals surface area contributed by atoms with Crippen molar-refractivity contribution in [2.75, 3.05) is 13.1 Å². The van der Waals surface area contributed by atoms with E-state index in [1.807, 2.05) is 0 Å². The SMILES string of the molecule is C[C@H](Oc1cncc(Cl)c1)N1CCCC1.Cl.Cl. The Bertz CT molecular complexity index is 332. The number of hydrogen-bond donors (Lipinski definition) is 0. The van der Waals surface area contributed by atoms with Crippen LogP contribution in [0.25, 0.3) is 0 Å². The first-order chi connectivity index (χ1) is 7.25. The van der Waals surface area contributed by atoms with E-state index in [9.17, 15) is 0 Å². The maximum absolute atomic E-state index is 5.83. The molecular formula is C11H17Cl3N2O. The lowest BCUT2D eigenvalue weighted by molar-refractivity contribution is 0.0589. The third-order valence-electron chi connectivity index (χ3n) is 2.64. The minimum absolute atomic E-state index is 0. The van der Waals surface area contributed by atoms with E-state index in [0.29, 0.717) is 5.02 Å². The molecule has 2 rings (SSSR count). The highest BCUT2D eigenvalue weighted by Crippen LogP contribution is 2.19. The quantitative estimate of drug-likeness (QED) is 0.855. The molecule has 3 nitrogen and oxygen atoms in total. The monoisotopic (exact) mass is 298 g/mol. The molecule has 1 aromatic heterocycles. The van der Waals surface area contributed by atoms with Crippen LogP contribution in [0, 0.1) is 0 Å². The maximum Gasteiger partial charge on any atom is 0.149 e. The van der Waals surface area contributed by atoms with Crippen LogP contribution in [0.3, 0.4) is 0 Å². The van der Waals surface area contributed by atoms with E-state index in [1.54, 1.807) is 18.5 Å². The Balaban J connectivity index is 0.00000128. The Kier molecular flexibility index (Phi) is 7.88. The van der Waals surface area contributed by atoms with Gasteiger partial charge in [0.05, 0.1) is 11.2 Å². The second-order valence-corrected chi connectivity index (χ2v) is 4.24. The first-order valence-electron chi connectivity index (χ1n) is 5.27. The Morgan fingerprint density at radius 2 is 1.94 bits per heavy atom. The average Bonchev–Trinajstić information content (AvgIpc) is 2.70. The lowest BCUT2D eigenvalue weighted by Gasteiger charge is -2.24. The van der Waals surface area contributed by atoms with Crippen molar-refractivity contribution in [2.24, 2.45) is 0 Å². The maximum atomic E-state index is 5.83. The predicted molar refractivity (Wildman–Crippen MR) is 74.6 cm³/mol. The van der Waals surface area contributed by atoms with E-state index in [1.165, 1.54) is 12.8 Å². The van der Waals surface area contributed by atoms with E-state index in [-0.39, 0.29) is 31.0 Å². The van der Waals surface area contributed by atoms with Crippen molar-refractivity contribution in [3.8, 4) is 5.75 Å². The number of aromatic nitrogens is 1. The lowest BCUT2D eigenvalue weighted by atomic mass is 10.4. The van der Waals surface area contributed by atoms with Gasteiger partial charge >= 0.3 is 0 Å². The average molecular weight is 300 g/mol. The number of ether oxygens (including phenoxy) is 1. The zero-order valence-corrected chi connectivity index (χ0v) is 12.0. The molecule has 6 heteroatoms. The first kappa shape index (κ1) is 16.8. The van der Waals surface area contributed by atoms with Crippen LogP contribution in [0.1, 0.15) is 19.8 Å². The van der Waals surface area contributed by atoms with Crippen molar-refractivity contribution in [1.82, 2.24) is 9.88 Å². The number of hydrogen-bond acceptors (Lipinski definition) is 3. The van der Waals surface area contributed by atoms with Gasteiger partial charge in [-0.25, -0.2) is 0 Å². The molecule has 0 radical (unpaired) electrons. The summed E-state index contributed by atoms with van der Waals surface area (Å²) in [7, 11) is 0. The Morgan fingerprint density at radius 1 is 1.29 bits per heavy atom. The molecule has 17 heavy (non-hydrogen) atoms. The summed E-state index contributed by atoms with van der Waals surface area (Å²) in [5.41, 5.74) is 0. The van der Waals surface area contributed by atoms with Gasteiger partial charge in [-0.3, -0.25) is 9.88 Å². The third kappa shape index (κ3) is 4.88. The van der Waals surface area contributed by atoms with Gasteiger partial charge in [0.1, 0.15) is 12.0 Å². The first-order valence-corrected chi connectivity index (χ1v) is 5.65. The van der Waals surface area contributed by atoms with E-state index in [2.05, 4.69) is 16.8 Å². The fraction of sp³-hybridized carbons (Fsp3) is 0.545. The topological polar surface area (TPSA) is 25.4 Å². The van der Waals surface area contributed by atoms with Crippen molar-refractivity contribution >= 4 is 36.4 Å². The summed E-state index contributed by atoms with van der Waals surface area (Å²) in [4.78, 5) is 6.31. The smallest absolute Gasteiger partial charge is 0.149 e. The van der Waals surface area contributed by atoms with Crippen LogP contribution in [0.15, 0.2) is 18.5 Å². The van der Waals surface area contributed by atoms with Gasteiger partial charge in [0, 0.05) is 25.4 Å². The highest BCUT2D eigenvalue weighted by atomic mass is 35.5. The number of halogens is 3. The Hall–Kier alpha value is -0.220. The Labute approximate surface area is 119 Å². The summed E-state index contributed by atoms with van der Waals surface area (Å²) in [6, 6.07) is 1.79. The second kappa shape index (κ2) is 7.98. The van der Waals surface area contributed by atoms with Crippen molar-refractivity contribution in [3.05, 3.63) is 23.5 Å². The van der Waals surface area contributed by atoms with E-state index < -0.39 is 0 Å². The van der Waals surface area contributed by atoms with Gasteiger partial charge in [0.15, 0.2) is 0 Å². The van der Waals surface area contributed by atoms with Gasteiger partial charge in [-0.1, -0.05) is 11.6 Å². The standard InChI is InChI=1S/C11H15ClN2O.2ClH/c1-9(14-4-2-3-5-14)15-11-6-10(12)7-13-8-11;;/h6-9H,2-5H2,1H3;2*1H/t9-;;/m0../s1. The molecule has 1 saturated heterocycles. The molecule has 1 fully saturated rings. The summed E-state index contributed by atoms with van der Waals surface area (Å²) >= 11 is 5.83. The summed E-state index contributed by atoms with van der Waals surface area (Å²) in [5.74, 6) is 0.738. The van der Waals surface area contributed by atoms with Crippen LogP contribution in [0.5, 0.6) is 5.75 Å². The minimum atomic E-state index is 0. The number of nitrogens with zero attached hydrogens (tertiary/aromatic N) is 2.